The van der Waals surface area contributed by atoms with Crippen molar-refractivity contribution in [3.8, 4) is 11.5 Å². The number of aliphatic hydroxyl groups excluding tert-OH is 1. The van der Waals surface area contributed by atoms with Gasteiger partial charge in [-0.3, -0.25) is 0 Å². The summed E-state index contributed by atoms with van der Waals surface area (Å²) in [7, 11) is 0. The molecule has 1 aromatic heterocycles. The van der Waals surface area contributed by atoms with E-state index in [9.17, 15) is 10.2 Å². The van der Waals surface area contributed by atoms with E-state index >= 15 is 0 Å². The van der Waals surface area contributed by atoms with Crippen LogP contribution in [0.3, 0.4) is 0 Å². The molecule has 1 heterocycles. The van der Waals surface area contributed by atoms with Crippen LogP contribution in [0, 0.1) is 5.92 Å². The molecule has 1 aromatic carbocycles. The van der Waals surface area contributed by atoms with E-state index in [0.29, 0.717) is 12.4 Å². The fraction of sp³-hybridized carbons (Fsp3) is 0.286. The molecule has 0 saturated heterocycles. The number of phenolic OH excluding ortho intramolecular Hbond substituents is 1. The Labute approximate surface area is 110 Å². The lowest BCUT2D eigenvalue weighted by molar-refractivity contribution is 0.163. The van der Waals surface area contributed by atoms with Gasteiger partial charge in [0.15, 0.2) is 0 Å². The summed E-state index contributed by atoms with van der Waals surface area (Å²) in [6.45, 7) is 0.536. The predicted octanol–water partition coefficient (Wildman–Crippen LogP) is 2.68. The van der Waals surface area contributed by atoms with Gasteiger partial charge in [0, 0.05) is 23.5 Å². The first-order valence-electron chi connectivity index (χ1n) is 5.83. The van der Waals surface area contributed by atoms with Gasteiger partial charge < -0.3 is 14.9 Å². The van der Waals surface area contributed by atoms with Crippen molar-refractivity contribution in [2.45, 2.75) is 6.42 Å². The van der Waals surface area contributed by atoms with Crippen molar-refractivity contribution in [1.82, 2.24) is 0 Å². The molecule has 0 amide bonds. The molecule has 1 unspecified atom stereocenters. The Kier molecular flexibility index (Phi) is 4.61. The number of aromatic hydroxyl groups is 1. The second-order valence-electron chi connectivity index (χ2n) is 4.14. The van der Waals surface area contributed by atoms with Crippen LogP contribution in [0.5, 0.6) is 11.5 Å². The van der Waals surface area contributed by atoms with Crippen molar-refractivity contribution in [3.05, 3.63) is 46.7 Å². The molecule has 0 aliphatic rings. The number of hydrogen-bond acceptors (Lipinski definition) is 4. The minimum atomic E-state index is 0.0750. The number of hydrogen-bond donors (Lipinski definition) is 2. The number of phenols is 1. The summed E-state index contributed by atoms with van der Waals surface area (Å²) in [6.07, 6.45) is 0.812. The molecule has 0 spiro atoms. The van der Waals surface area contributed by atoms with Crippen LogP contribution in [0.1, 0.15) is 4.88 Å². The van der Waals surface area contributed by atoms with Gasteiger partial charge in [-0.05, 0) is 30.0 Å². The van der Waals surface area contributed by atoms with E-state index in [1.165, 1.54) is 4.88 Å². The van der Waals surface area contributed by atoms with Gasteiger partial charge in [0.25, 0.3) is 0 Å². The highest BCUT2D eigenvalue weighted by molar-refractivity contribution is 7.09. The van der Waals surface area contributed by atoms with Gasteiger partial charge in [-0.1, -0.05) is 12.1 Å². The van der Waals surface area contributed by atoms with Crippen molar-refractivity contribution in [3.63, 3.8) is 0 Å². The molecule has 1 atom stereocenters. The van der Waals surface area contributed by atoms with Gasteiger partial charge in [-0.15, -0.1) is 11.3 Å². The van der Waals surface area contributed by atoms with Crippen molar-refractivity contribution in [2.75, 3.05) is 13.2 Å². The molecular weight excluding hydrogens is 248 g/mol. The SMILES string of the molecule is OCC(COc1cccc(O)c1)Cc1cccs1. The Morgan fingerprint density at radius 3 is 2.78 bits per heavy atom. The third-order valence-corrected chi connectivity index (χ3v) is 3.53. The Hall–Kier alpha value is -1.52. The molecule has 2 N–H and O–H groups in total. The fourth-order valence-corrected chi connectivity index (χ4v) is 2.50. The Balaban J connectivity index is 1.87. The minimum Gasteiger partial charge on any atom is -0.508 e. The molecule has 4 heteroatoms. The third kappa shape index (κ3) is 3.75. The first-order chi connectivity index (χ1) is 8.78. The standard InChI is InChI=1S/C14H16O3S/c15-9-11(7-14-5-2-6-18-14)10-17-13-4-1-3-12(16)8-13/h1-6,8,11,15-16H,7,9-10H2. The molecule has 0 fully saturated rings. The van der Waals surface area contributed by atoms with Gasteiger partial charge in [-0.2, -0.15) is 0 Å². The van der Waals surface area contributed by atoms with Gasteiger partial charge in [0.2, 0.25) is 0 Å². The summed E-state index contributed by atoms with van der Waals surface area (Å²) < 4.78 is 5.57. The van der Waals surface area contributed by atoms with E-state index in [2.05, 4.69) is 6.07 Å². The third-order valence-electron chi connectivity index (χ3n) is 2.63. The second-order valence-corrected chi connectivity index (χ2v) is 5.17. The topological polar surface area (TPSA) is 49.7 Å². The maximum absolute atomic E-state index is 9.33. The highest BCUT2D eigenvalue weighted by Gasteiger charge is 2.10. The summed E-state index contributed by atoms with van der Waals surface area (Å²) in [5.74, 6) is 0.886. The highest BCUT2D eigenvalue weighted by atomic mass is 32.1. The second kappa shape index (κ2) is 6.42. The lowest BCUT2D eigenvalue weighted by Crippen LogP contribution is -2.18. The summed E-state index contributed by atoms with van der Waals surface area (Å²) in [6, 6.07) is 10.8. The maximum Gasteiger partial charge on any atom is 0.122 e. The highest BCUT2D eigenvalue weighted by Crippen LogP contribution is 2.20. The van der Waals surface area contributed by atoms with Crippen LogP contribution in [-0.4, -0.2) is 23.4 Å². The predicted molar refractivity (Wildman–Crippen MR) is 72.2 cm³/mol. The van der Waals surface area contributed by atoms with Crippen LogP contribution in [0.2, 0.25) is 0 Å². The largest absolute Gasteiger partial charge is 0.508 e. The molecule has 0 aliphatic heterocycles. The van der Waals surface area contributed by atoms with E-state index in [-0.39, 0.29) is 18.3 Å². The lowest BCUT2D eigenvalue weighted by atomic mass is 10.1. The molecule has 3 nitrogen and oxygen atoms in total. The maximum atomic E-state index is 9.33. The van der Waals surface area contributed by atoms with Gasteiger partial charge >= 0.3 is 0 Å². The summed E-state index contributed by atoms with van der Waals surface area (Å²) in [5, 5.41) is 20.7. The van der Waals surface area contributed by atoms with Crippen LogP contribution < -0.4 is 4.74 Å². The number of ether oxygens (including phenoxy) is 1. The van der Waals surface area contributed by atoms with Crippen LogP contribution in [0.15, 0.2) is 41.8 Å². The minimum absolute atomic E-state index is 0.0750. The molecule has 0 bridgehead atoms. The molecule has 2 aromatic rings. The number of rotatable bonds is 6. The molecule has 0 aliphatic carbocycles. The average Bonchev–Trinajstić information content (AvgIpc) is 2.87. The summed E-state index contributed by atoms with van der Waals surface area (Å²) in [5.41, 5.74) is 0. The average molecular weight is 264 g/mol. The first kappa shape index (κ1) is 12.9. The summed E-state index contributed by atoms with van der Waals surface area (Å²) in [4.78, 5) is 1.24. The van der Waals surface area contributed by atoms with Crippen molar-refractivity contribution >= 4 is 11.3 Å². The Morgan fingerprint density at radius 1 is 1.22 bits per heavy atom. The van der Waals surface area contributed by atoms with E-state index in [0.717, 1.165) is 6.42 Å². The first-order valence-corrected chi connectivity index (χ1v) is 6.71. The van der Waals surface area contributed by atoms with Gasteiger partial charge in [-0.25, -0.2) is 0 Å². The molecule has 18 heavy (non-hydrogen) atoms. The van der Waals surface area contributed by atoms with Crippen molar-refractivity contribution < 1.29 is 14.9 Å². The zero-order chi connectivity index (χ0) is 12.8. The van der Waals surface area contributed by atoms with E-state index in [1.807, 2.05) is 11.4 Å². The zero-order valence-electron chi connectivity index (χ0n) is 9.95. The molecular formula is C14H16O3S. The Bertz CT molecular complexity index is 468. The van der Waals surface area contributed by atoms with Crippen LogP contribution in [0.25, 0.3) is 0 Å². The van der Waals surface area contributed by atoms with Crippen molar-refractivity contribution in [2.24, 2.45) is 5.92 Å². The van der Waals surface area contributed by atoms with Crippen LogP contribution in [0.4, 0.5) is 0 Å². The monoisotopic (exact) mass is 264 g/mol. The van der Waals surface area contributed by atoms with E-state index < -0.39 is 0 Å². The molecule has 2 rings (SSSR count). The number of aliphatic hydroxyl groups is 1. The van der Waals surface area contributed by atoms with E-state index in [1.54, 1.807) is 35.6 Å². The zero-order valence-corrected chi connectivity index (χ0v) is 10.8. The quantitative estimate of drug-likeness (QED) is 0.843. The van der Waals surface area contributed by atoms with Crippen molar-refractivity contribution in [1.29, 1.82) is 0 Å². The van der Waals surface area contributed by atoms with Gasteiger partial charge in [0.05, 0.1) is 6.61 Å². The van der Waals surface area contributed by atoms with Gasteiger partial charge in [0.1, 0.15) is 11.5 Å². The smallest absolute Gasteiger partial charge is 0.122 e. The lowest BCUT2D eigenvalue weighted by Gasteiger charge is -2.14. The normalized spacial score (nSPS) is 12.3. The van der Waals surface area contributed by atoms with Crippen LogP contribution in [-0.2, 0) is 6.42 Å². The molecule has 96 valence electrons. The number of thiophene rings is 1. The molecule has 0 saturated carbocycles. The molecule has 0 radical (unpaired) electrons. The Morgan fingerprint density at radius 2 is 2.11 bits per heavy atom. The van der Waals surface area contributed by atoms with E-state index in [4.69, 9.17) is 4.74 Å². The number of benzene rings is 1. The fourth-order valence-electron chi connectivity index (χ4n) is 1.68. The van der Waals surface area contributed by atoms with Crippen LogP contribution >= 0.6 is 11.3 Å². The summed E-state index contributed by atoms with van der Waals surface area (Å²) >= 11 is 1.68.